The zero-order valence-electron chi connectivity index (χ0n) is 73.1. The lowest BCUT2D eigenvalue weighted by Crippen LogP contribution is -2.30. The Morgan fingerprint density at radius 1 is 0.252 bits per heavy atom. The first-order valence-corrected chi connectivity index (χ1v) is 50.7. The monoisotopic (exact) mass is 1620 g/mol. The minimum absolute atomic E-state index is 0.109. The number of hydrogen-bond donors (Lipinski definition) is 3. The quantitative estimate of drug-likeness (QED) is 0.0222. The lowest BCUT2D eigenvalue weighted by molar-refractivity contribution is -0.161. The second kappa shape index (κ2) is 84.5. The van der Waals surface area contributed by atoms with Gasteiger partial charge in [-0.25, -0.2) is 9.13 Å². The molecule has 0 radical (unpaired) electrons. The van der Waals surface area contributed by atoms with Crippen molar-refractivity contribution < 1.29 is 80.2 Å². The first-order valence-electron chi connectivity index (χ1n) is 47.7. The van der Waals surface area contributed by atoms with Crippen LogP contribution < -0.4 is 0 Å². The second-order valence-electron chi connectivity index (χ2n) is 33.3. The van der Waals surface area contributed by atoms with Crippen molar-refractivity contribution in [3.8, 4) is 0 Å². The molecule has 0 rings (SSSR count). The number of rotatable bonds is 92. The van der Waals surface area contributed by atoms with Gasteiger partial charge in [-0.15, -0.1) is 0 Å². The molecule has 3 unspecified atom stereocenters. The van der Waals surface area contributed by atoms with Crippen LogP contribution in [-0.2, 0) is 65.4 Å². The number of esters is 4. The van der Waals surface area contributed by atoms with E-state index in [9.17, 15) is 43.2 Å². The fourth-order valence-corrected chi connectivity index (χ4v) is 16.1. The third-order valence-corrected chi connectivity index (χ3v) is 24.0. The molecule has 19 heteroatoms. The van der Waals surface area contributed by atoms with Crippen molar-refractivity contribution in [2.45, 2.75) is 522 Å². The molecule has 0 aliphatic rings. The maximum Gasteiger partial charge on any atom is 0.472 e. The molecule has 6 atom stereocenters. The summed E-state index contributed by atoms with van der Waals surface area (Å²) in [6.07, 6.45) is 80.6. The summed E-state index contributed by atoms with van der Waals surface area (Å²) >= 11 is 0. The third kappa shape index (κ3) is 84.3. The Bertz CT molecular complexity index is 2100. The lowest BCUT2D eigenvalue weighted by Gasteiger charge is -2.21. The van der Waals surface area contributed by atoms with E-state index in [-0.39, 0.29) is 25.7 Å². The average Bonchev–Trinajstić information content (AvgIpc) is 0.898. The number of carbonyl (C=O) groups excluding carboxylic acids is 4. The number of unbranched alkanes of at least 4 members (excludes halogenated alkanes) is 63. The molecule has 0 fully saturated rings. The summed E-state index contributed by atoms with van der Waals surface area (Å²) in [5.41, 5.74) is 0. The number of carbonyl (C=O) groups is 4. The summed E-state index contributed by atoms with van der Waals surface area (Å²) < 4.78 is 69.1. The highest BCUT2D eigenvalue weighted by Crippen LogP contribution is 2.45. The molecule has 0 bridgehead atoms. The van der Waals surface area contributed by atoms with E-state index in [1.54, 1.807) is 0 Å². The van der Waals surface area contributed by atoms with Gasteiger partial charge in [0.15, 0.2) is 12.2 Å². The molecule has 0 aliphatic carbocycles. The Kier molecular flexibility index (Phi) is 83.0. The molecule has 111 heavy (non-hydrogen) atoms. The number of hydrogen-bond acceptors (Lipinski definition) is 15. The Labute approximate surface area is 683 Å². The molecule has 0 heterocycles. The summed E-state index contributed by atoms with van der Waals surface area (Å²) in [6, 6.07) is 0. The van der Waals surface area contributed by atoms with Gasteiger partial charge >= 0.3 is 39.5 Å². The Morgan fingerprint density at radius 2 is 0.432 bits per heavy atom. The van der Waals surface area contributed by atoms with E-state index in [0.717, 1.165) is 95.8 Å². The predicted molar refractivity (Wildman–Crippen MR) is 460 cm³/mol. The Morgan fingerprint density at radius 3 is 0.640 bits per heavy atom. The van der Waals surface area contributed by atoms with Crippen molar-refractivity contribution in [2.75, 3.05) is 39.6 Å². The molecule has 660 valence electrons. The number of aliphatic hydroxyl groups is 1. The standard InChI is InChI=1S/C92H180O17P2/c1-6-10-13-16-19-22-25-28-30-32-34-35-36-38-40-42-47-52-57-62-67-72-77-91(96)109-88(82-103-90(95)76-71-66-61-56-51-46-41-39-37-33-31-29-26-23-20-17-14-11-7-2)84-107-111(100,101)105-80-86(93)79-104-110(98,99)106-83-87(81-102-89(94)75-70-65-60-55-50-27-24-21-18-15-12-8-3)108-92(97)78-73-68-63-58-53-48-44-43-45-49-54-59-64-69-74-85(5)9-4/h85-88,93H,6-84H2,1-5H3,(H,98,99)(H,100,101)/t85?,86-,87+,88+/m0/s1. The minimum Gasteiger partial charge on any atom is -0.462 e. The highest BCUT2D eigenvalue weighted by Gasteiger charge is 2.31. The molecule has 17 nitrogen and oxygen atoms in total. The SMILES string of the molecule is CCCCCCCCCCCCCCCCCCCCCCCCC(=O)O[C@H](COC(=O)CCCCCCCCCCCCCCCCCCCCC)COP(=O)(O)OC[C@@H](O)COP(=O)(O)OC[C@@H](COC(=O)CCCCCCCCCCCCCC)OC(=O)CCCCCCCCCCCCCCCCC(C)CC. The smallest absolute Gasteiger partial charge is 0.462 e. The highest BCUT2D eigenvalue weighted by molar-refractivity contribution is 7.47. The average molecular weight is 1620 g/mol. The lowest BCUT2D eigenvalue weighted by atomic mass is 9.99. The number of ether oxygens (including phenoxy) is 4. The van der Waals surface area contributed by atoms with E-state index in [2.05, 4.69) is 34.6 Å². The van der Waals surface area contributed by atoms with Gasteiger partial charge < -0.3 is 33.8 Å². The topological polar surface area (TPSA) is 237 Å². The summed E-state index contributed by atoms with van der Waals surface area (Å²) in [5, 5.41) is 10.7. The number of phosphoric ester groups is 2. The van der Waals surface area contributed by atoms with Gasteiger partial charge in [-0.05, 0) is 31.6 Å². The van der Waals surface area contributed by atoms with E-state index in [1.807, 2.05) is 0 Å². The molecule has 0 amide bonds. The van der Waals surface area contributed by atoms with Crippen LogP contribution in [0.4, 0.5) is 0 Å². The molecule has 0 aromatic carbocycles. The molecule has 0 aliphatic heterocycles. The molecule has 0 aromatic heterocycles. The molecule has 0 spiro atoms. The van der Waals surface area contributed by atoms with Gasteiger partial charge in [-0.3, -0.25) is 37.3 Å². The molecule has 0 saturated carbocycles. The van der Waals surface area contributed by atoms with Gasteiger partial charge in [0, 0.05) is 25.7 Å². The van der Waals surface area contributed by atoms with Crippen LogP contribution >= 0.6 is 15.6 Å². The molecular weight excluding hydrogens is 1440 g/mol. The van der Waals surface area contributed by atoms with Gasteiger partial charge in [0.2, 0.25) is 0 Å². The number of phosphoric acid groups is 2. The maximum absolute atomic E-state index is 13.2. The van der Waals surface area contributed by atoms with Crippen LogP contribution in [0.3, 0.4) is 0 Å². The van der Waals surface area contributed by atoms with Crippen LogP contribution in [0.5, 0.6) is 0 Å². The summed E-state index contributed by atoms with van der Waals surface area (Å²) in [5.74, 6) is -1.25. The molecule has 3 N–H and O–H groups in total. The van der Waals surface area contributed by atoms with Crippen molar-refractivity contribution in [3.05, 3.63) is 0 Å². The van der Waals surface area contributed by atoms with Crippen molar-refractivity contribution in [3.63, 3.8) is 0 Å². The van der Waals surface area contributed by atoms with Crippen molar-refractivity contribution in [1.82, 2.24) is 0 Å². The number of aliphatic hydroxyl groups excluding tert-OH is 1. The van der Waals surface area contributed by atoms with E-state index in [4.69, 9.17) is 37.0 Å². The first kappa shape index (κ1) is 109. The summed E-state index contributed by atoms with van der Waals surface area (Å²) in [6.45, 7) is 7.45. The van der Waals surface area contributed by atoms with Gasteiger partial charge in [0.1, 0.15) is 19.3 Å². The van der Waals surface area contributed by atoms with Crippen LogP contribution in [0.2, 0.25) is 0 Å². The Balaban J connectivity index is 5.24. The van der Waals surface area contributed by atoms with Gasteiger partial charge in [-0.2, -0.15) is 0 Å². The fraction of sp³-hybridized carbons (Fsp3) is 0.957. The van der Waals surface area contributed by atoms with Crippen LogP contribution in [0.25, 0.3) is 0 Å². The molecule has 0 aromatic rings. The van der Waals surface area contributed by atoms with E-state index in [0.29, 0.717) is 25.7 Å². The molecular formula is C92H180O17P2. The highest BCUT2D eigenvalue weighted by atomic mass is 31.2. The van der Waals surface area contributed by atoms with Crippen LogP contribution in [0.1, 0.15) is 503 Å². The van der Waals surface area contributed by atoms with Crippen LogP contribution in [-0.4, -0.2) is 96.7 Å². The second-order valence-corrected chi connectivity index (χ2v) is 36.2. The van der Waals surface area contributed by atoms with Crippen LogP contribution in [0.15, 0.2) is 0 Å². The third-order valence-electron chi connectivity index (χ3n) is 22.1. The first-order chi connectivity index (χ1) is 54.1. The molecule has 0 saturated heterocycles. The van der Waals surface area contributed by atoms with Gasteiger partial charge in [0.05, 0.1) is 26.4 Å². The minimum atomic E-state index is -4.97. The zero-order chi connectivity index (χ0) is 81.1. The van der Waals surface area contributed by atoms with E-state index in [1.165, 1.54) is 327 Å². The van der Waals surface area contributed by atoms with Crippen molar-refractivity contribution in [1.29, 1.82) is 0 Å². The van der Waals surface area contributed by atoms with Crippen molar-refractivity contribution in [2.24, 2.45) is 5.92 Å². The largest absolute Gasteiger partial charge is 0.472 e. The fourth-order valence-electron chi connectivity index (χ4n) is 14.5. The van der Waals surface area contributed by atoms with E-state index < -0.39 is 97.5 Å². The zero-order valence-corrected chi connectivity index (χ0v) is 74.9. The van der Waals surface area contributed by atoms with Crippen molar-refractivity contribution >= 4 is 39.5 Å². The van der Waals surface area contributed by atoms with Gasteiger partial charge in [-0.1, -0.05) is 452 Å². The summed E-state index contributed by atoms with van der Waals surface area (Å²) in [7, 11) is -9.94. The van der Waals surface area contributed by atoms with Gasteiger partial charge in [0.25, 0.3) is 0 Å². The normalized spacial score (nSPS) is 13.9. The van der Waals surface area contributed by atoms with E-state index >= 15 is 0 Å². The maximum atomic E-state index is 13.2. The Hall–Kier alpha value is -1.94. The predicted octanol–water partition coefficient (Wildman–Crippen LogP) is 28.7. The summed E-state index contributed by atoms with van der Waals surface area (Å²) in [4.78, 5) is 73.5. The van der Waals surface area contributed by atoms with Crippen LogP contribution in [0, 0.1) is 5.92 Å².